The van der Waals surface area contributed by atoms with Gasteiger partial charge in [0, 0.05) is 11.9 Å². The average Bonchev–Trinajstić information content (AvgIpc) is 2.70. The molecule has 0 saturated heterocycles. The second kappa shape index (κ2) is 4.62. The van der Waals surface area contributed by atoms with E-state index in [1.165, 1.54) is 9.77 Å². The molecule has 2 rings (SSSR count). The van der Waals surface area contributed by atoms with E-state index in [1.54, 1.807) is 11.3 Å². The summed E-state index contributed by atoms with van der Waals surface area (Å²) in [5.41, 5.74) is 2.36. The SMILES string of the molecule is Cc1ccc(CSc2cccs2)nc1. The number of aryl methyl sites for hydroxylation is 1. The Labute approximate surface area is 92.2 Å². The Bertz CT molecular complexity index is 378. The van der Waals surface area contributed by atoms with E-state index in [0.717, 1.165) is 11.4 Å². The maximum Gasteiger partial charge on any atom is 0.0602 e. The van der Waals surface area contributed by atoms with Crippen LogP contribution in [-0.4, -0.2) is 4.98 Å². The van der Waals surface area contributed by atoms with Crippen LogP contribution in [-0.2, 0) is 5.75 Å². The number of thioether (sulfide) groups is 1. The molecule has 2 aromatic heterocycles. The van der Waals surface area contributed by atoms with Crippen molar-refractivity contribution < 1.29 is 0 Å². The first kappa shape index (κ1) is 9.74. The molecule has 14 heavy (non-hydrogen) atoms. The maximum absolute atomic E-state index is 4.36. The molecule has 1 nitrogen and oxygen atoms in total. The van der Waals surface area contributed by atoms with Gasteiger partial charge in [0.05, 0.1) is 9.90 Å². The topological polar surface area (TPSA) is 12.9 Å². The Hall–Kier alpha value is -0.800. The number of thiophene rings is 1. The van der Waals surface area contributed by atoms with Crippen LogP contribution >= 0.6 is 23.1 Å². The summed E-state index contributed by atoms with van der Waals surface area (Å²) in [6, 6.07) is 8.42. The Balaban J connectivity index is 1.95. The highest BCUT2D eigenvalue weighted by Crippen LogP contribution is 2.26. The number of hydrogen-bond acceptors (Lipinski definition) is 3. The summed E-state index contributed by atoms with van der Waals surface area (Å²) >= 11 is 3.62. The van der Waals surface area contributed by atoms with Crippen LogP contribution in [0.15, 0.2) is 40.1 Å². The first-order valence-electron chi connectivity index (χ1n) is 4.42. The van der Waals surface area contributed by atoms with Crippen LogP contribution in [0, 0.1) is 6.92 Å². The van der Waals surface area contributed by atoms with Crippen LogP contribution in [0.1, 0.15) is 11.3 Å². The first-order valence-corrected chi connectivity index (χ1v) is 6.29. The van der Waals surface area contributed by atoms with Crippen molar-refractivity contribution in [3.8, 4) is 0 Å². The highest BCUT2D eigenvalue weighted by Gasteiger charge is 1.97. The fourth-order valence-electron chi connectivity index (χ4n) is 1.07. The maximum atomic E-state index is 4.36. The van der Waals surface area contributed by atoms with Gasteiger partial charge in [-0.25, -0.2) is 0 Å². The third kappa shape index (κ3) is 2.59. The van der Waals surface area contributed by atoms with Gasteiger partial charge in [-0.3, -0.25) is 4.98 Å². The highest BCUT2D eigenvalue weighted by atomic mass is 32.2. The van der Waals surface area contributed by atoms with Crippen molar-refractivity contribution in [3.05, 3.63) is 47.1 Å². The van der Waals surface area contributed by atoms with Crippen molar-refractivity contribution in [3.63, 3.8) is 0 Å². The summed E-state index contributed by atoms with van der Waals surface area (Å²) in [6.45, 7) is 2.06. The minimum absolute atomic E-state index is 0.959. The van der Waals surface area contributed by atoms with Gasteiger partial charge in [-0.1, -0.05) is 12.1 Å². The number of rotatable bonds is 3. The summed E-state index contributed by atoms with van der Waals surface area (Å²) < 4.78 is 1.35. The number of aromatic nitrogens is 1. The molecule has 2 heterocycles. The first-order chi connectivity index (χ1) is 6.84. The fraction of sp³-hybridized carbons (Fsp3) is 0.182. The molecular formula is C11H11NS2. The van der Waals surface area contributed by atoms with Crippen molar-refractivity contribution in [2.75, 3.05) is 0 Å². The van der Waals surface area contributed by atoms with Crippen molar-refractivity contribution in [2.24, 2.45) is 0 Å². The molecule has 0 spiro atoms. The molecule has 0 radical (unpaired) electrons. The number of nitrogens with zero attached hydrogens (tertiary/aromatic N) is 1. The fourth-order valence-corrected chi connectivity index (χ4v) is 2.77. The Morgan fingerprint density at radius 3 is 2.93 bits per heavy atom. The minimum Gasteiger partial charge on any atom is -0.260 e. The normalized spacial score (nSPS) is 10.4. The molecule has 0 atom stereocenters. The smallest absolute Gasteiger partial charge is 0.0602 e. The molecule has 0 amide bonds. The van der Waals surface area contributed by atoms with Crippen LogP contribution in [0.3, 0.4) is 0 Å². The molecular weight excluding hydrogens is 210 g/mol. The lowest BCUT2D eigenvalue weighted by Crippen LogP contribution is -1.85. The lowest BCUT2D eigenvalue weighted by Gasteiger charge is -1.98. The van der Waals surface area contributed by atoms with E-state index in [0.29, 0.717) is 0 Å². The van der Waals surface area contributed by atoms with Gasteiger partial charge in [0.15, 0.2) is 0 Å². The Morgan fingerprint density at radius 2 is 2.29 bits per heavy atom. The summed E-state index contributed by atoms with van der Waals surface area (Å²) in [4.78, 5) is 4.36. The summed E-state index contributed by atoms with van der Waals surface area (Å²) in [6.07, 6.45) is 1.92. The molecule has 0 aliphatic heterocycles. The van der Waals surface area contributed by atoms with Crippen molar-refractivity contribution in [1.82, 2.24) is 4.98 Å². The van der Waals surface area contributed by atoms with Gasteiger partial charge < -0.3 is 0 Å². The predicted octanol–water partition coefficient (Wildman–Crippen LogP) is 3.74. The Morgan fingerprint density at radius 1 is 1.36 bits per heavy atom. The molecule has 72 valence electrons. The third-order valence-corrected chi connectivity index (χ3v) is 3.99. The van der Waals surface area contributed by atoms with Gasteiger partial charge in [-0.15, -0.1) is 23.1 Å². The second-order valence-electron chi connectivity index (χ2n) is 3.05. The zero-order chi connectivity index (χ0) is 9.80. The van der Waals surface area contributed by atoms with E-state index >= 15 is 0 Å². The summed E-state index contributed by atoms with van der Waals surface area (Å²) in [5.74, 6) is 0.959. The summed E-state index contributed by atoms with van der Waals surface area (Å²) in [7, 11) is 0. The van der Waals surface area contributed by atoms with Gasteiger partial charge in [0.1, 0.15) is 0 Å². The minimum atomic E-state index is 0.959. The van der Waals surface area contributed by atoms with Crippen LogP contribution in [0.4, 0.5) is 0 Å². The quantitative estimate of drug-likeness (QED) is 0.732. The van der Waals surface area contributed by atoms with Crippen LogP contribution in [0.25, 0.3) is 0 Å². The third-order valence-electron chi connectivity index (χ3n) is 1.83. The number of pyridine rings is 1. The van der Waals surface area contributed by atoms with Gasteiger partial charge in [-0.05, 0) is 30.0 Å². The van der Waals surface area contributed by atoms with Crippen molar-refractivity contribution in [2.45, 2.75) is 16.9 Å². The van der Waals surface area contributed by atoms with E-state index < -0.39 is 0 Å². The zero-order valence-electron chi connectivity index (χ0n) is 7.93. The largest absolute Gasteiger partial charge is 0.260 e. The van der Waals surface area contributed by atoms with Crippen molar-refractivity contribution in [1.29, 1.82) is 0 Å². The molecule has 0 N–H and O–H groups in total. The van der Waals surface area contributed by atoms with Crippen LogP contribution < -0.4 is 0 Å². The molecule has 0 saturated carbocycles. The number of hydrogen-bond donors (Lipinski definition) is 0. The molecule has 0 aromatic carbocycles. The van der Waals surface area contributed by atoms with E-state index in [9.17, 15) is 0 Å². The second-order valence-corrected chi connectivity index (χ2v) is 5.27. The van der Waals surface area contributed by atoms with Gasteiger partial charge in [0.25, 0.3) is 0 Å². The van der Waals surface area contributed by atoms with Gasteiger partial charge >= 0.3 is 0 Å². The molecule has 3 heteroatoms. The average molecular weight is 221 g/mol. The molecule has 0 unspecified atom stereocenters. The van der Waals surface area contributed by atoms with Crippen molar-refractivity contribution >= 4 is 23.1 Å². The van der Waals surface area contributed by atoms with Gasteiger partial charge in [0.2, 0.25) is 0 Å². The van der Waals surface area contributed by atoms with E-state index in [-0.39, 0.29) is 0 Å². The molecule has 2 aromatic rings. The summed E-state index contributed by atoms with van der Waals surface area (Å²) in [5, 5.41) is 2.10. The lowest BCUT2D eigenvalue weighted by atomic mass is 10.3. The highest BCUT2D eigenvalue weighted by molar-refractivity contribution is 8.00. The standard InChI is InChI=1S/C11H11NS2/c1-9-4-5-10(12-7-9)8-14-11-3-2-6-13-11/h2-7H,8H2,1H3. The van der Waals surface area contributed by atoms with Gasteiger partial charge in [-0.2, -0.15) is 0 Å². The predicted molar refractivity (Wildman–Crippen MR) is 62.9 cm³/mol. The Kier molecular flexibility index (Phi) is 3.22. The van der Waals surface area contributed by atoms with E-state index in [4.69, 9.17) is 0 Å². The zero-order valence-corrected chi connectivity index (χ0v) is 9.57. The monoisotopic (exact) mass is 221 g/mol. The molecule has 0 fully saturated rings. The van der Waals surface area contributed by atoms with E-state index in [1.807, 2.05) is 18.0 Å². The lowest BCUT2D eigenvalue weighted by molar-refractivity contribution is 1.15. The van der Waals surface area contributed by atoms with Crippen LogP contribution in [0.5, 0.6) is 0 Å². The molecule has 0 aliphatic carbocycles. The van der Waals surface area contributed by atoms with E-state index in [2.05, 4.69) is 41.6 Å². The molecule has 0 aliphatic rings. The molecule has 0 bridgehead atoms. The van der Waals surface area contributed by atoms with Crippen LogP contribution in [0.2, 0.25) is 0 Å².